The zero-order valence-electron chi connectivity index (χ0n) is 38.3. The highest BCUT2D eigenvalue weighted by Gasteiger charge is 2.19. The number of ether oxygens (including phenoxy) is 3. The van der Waals surface area contributed by atoms with Crippen LogP contribution >= 0.6 is 0 Å². The van der Waals surface area contributed by atoms with E-state index in [9.17, 15) is 14.4 Å². The van der Waals surface area contributed by atoms with E-state index >= 15 is 0 Å². The molecular formula is C50H96O6. The molecule has 0 radical (unpaired) electrons. The Hall–Kier alpha value is -1.59. The lowest BCUT2D eigenvalue weighted by molar-refractivity contribution is -0.167. The van der Waals surface area contributed by atoms with Crippen molar-refractivity contribution in [2.75, 3.05) is 13.2 Å². The van der Waals surface area contributed by atoms with Crippen LogP contribution in [-0.2, 0) is 28.6 Å². The normalized spacial score (nSPS) is 12.5. The maximum absolute atomic E-state index is 12.7. The molecule has 332 valence electrons. The SMILES string of the molecule is CCCCCCCCCCCC(=O)OC[C@@H](COC(=O)CCCCCCCCCCCCCCC(C)C)OC(=O)CCCCCCCCCCCCC(C)CC. The number of rotatable bonds is 44. The summed E-state index contributed by atoms with van der Waals surface area (Å²) in [6, 6.07) is 0. The van der Waals surface area contributed by atoms with Crippen LogP contribution in [0.15, 0.2) is 0 Å². The van der Waals surface area contributed by atoms with E-state index in [0.29, 0.717) is 19.3 Å². The average Bonchev–Trinajstić information content (AvgIpc) is 3.18. The third-order valence-corrected chi connectivity index (χ3v) is 11.6. The standard InChI is InChI=1S/C50H96O6/c1-6-8-9-10-11-18-25-30-35-40-48(51)54-43-47(56-50(53)42-37-32-27-22-17-16-20-24-29-34-39-46(5)7-2)44-55-49(52)41-36-31-26-21-15-13-12-14-19-23-28-33-38-45(3)4/h45-47H,6-44H2,1-5H3/t46?,47-/m0/s1. The summed E-state index contributed by atoms with van der Waals surface area (Å²) in [4.78, 5) is 37.8. The minimum absolute atomic E-state index is 0.0642. The Morgan fingerprint density at radius 1 is 0.375 bits per heavy atom. The van der Waals surface area contributed by atoms with Crippen molar-refractivity contribution in [3.63, 3.8) is 0 Å². The highest BCUT2D eigenvalue weighted by Crippen LogP contribution is 2.17. The van der Waals surface area contributed by atoms with Crippen molar-refractivity contribution in [3.05, 3.63) is 0 Å². The highest BCUT2D eigenvalue weighted by molar-refractivity contribution is 5.71. The Bertz CT molecular complexity index is 856. The molecule has 0 aliphatic rings. The van der Waals surface area contributed by atoms with Crippen molar-refractivity contribution in [1.82, 2.24) is 0 Å². The van der Waals surface area contributed by atoms with Crippen LogP contribution in [0.25, 0.3) is 0 Å². The molecule has 0 heterocycles. The van der Waals surface area contributed by atoms with E-state index < -0.39 is 6.10 Å². The second-order valence-electron chi connectivity index (χ2n) is 17.8. The molecule has 0 saturated carbocycles. The van der Waals surface area contributed by atoms with E-state index in [1.165, 1.54) is 161 Å². The van der Waals surface area contributed by atoms with E-state index in [1.807, 2.05) is 0 Å². The highest BCUT2D eigenvalue weighted by atomic mass is 16.6. The first-order valence-electron chi connectivity index (χ1n) is 24.8. The summed E-state index contributed by atoms with van der Waals surface area (Å²) in [6.07, 6.45) is 42.2. The van der Waals surface area contributed by atoms with Gasteiger partial charge in [0.05, 0.1) is 0 Å². The van der Waals surface area contributed by atoms with E-state index in [4.69, 9.17) is 14.2 Å². The molecule has 56 heavy (non-hydrogen) atoms. The zero-order valence-corrected chi connectivity index (χ0v) is 38.3. The van der Waals surface area contributed by atoms with Gasteiger partial charge in [-0.3, -0.25) is 14.4 Å². The number of carbonyl (C=O) groups excluding carboxylic acids is 3. The van der Waals surface area contributed by atoms with Gasteiger partial charge in [-0.15, -0.1) is 0 Å². The van der Waals surface area contributed by atoms with Gasteiger partial charge in [0.25, 0.3) is 0 Å². The zero-order chi connectivity index (χ0) is 41.2. The van der Waals surface area contributed by atoms with Gasteiger partial charge in [0.2, 0.25) is 0 Å². The minimum atomic E-state index is -0.760. The van der Waals surface area contributed by atoms with Crippen molar-refractivity contribution in [1.29, 1.82) is 0 Å². The summed E-state index contributed by atoms with van der Waals surface area (Å²) in [5.41, 5.74) is 0. The minimum Gasteiger partial charge on any atom is -0.462 e. The topological polar surface area (TPSA) is 78.9 Å². The van der Waals surface area contributed by atoms with Gasteiger partial charge in [0.1, 0.15) is 13.2 Å². The van der Waals surface area contributed by atoms with E-state index in [2.05, 4.69) is 34.6 Å². The third-order valence-electron chi connectivity index (χ3n) is 11.6. The lowest BCUT2D eigenvalue weighted by atomic mass is 9.99. The number of unbranched alkanes of at least 4 members (excludes halogenated alkanes) is 28. The van der Waals surface area contributed by atoms with Crippen LogP contribution in [0.1, 0.15) is 272 Å². The molecule has 0 spiro atoms. The Kier molecular flexibility index (Phi) is 41.8. The van der Waals surface area contributed by atoms with Crippen molar-refractivity contribution in [2.45, 2.75) is 278 Å². The van der Waals surface area contributed by atoms with E-state index in [0.717, 1.165) is 69.6 Å². The Labute approximate surface area is 348 Å². The lowest BCUT2D eigenvalue weighted by Crippen LogP contribution is -2.30. The van der Waals surface area contributed by atoms with E-state index in [1.54, 1.807) is 0 Å². The molecule has 6 nitrogen and oxygen atoms in total. The molecular weight excluding hydrogens is 697 g/mol. The fourth-order valence-electron chi connectivity index (χ4n) is 7.43. The molecule has 0 aliphatic heterocycles. The molecule has 0 aliphatic carbocycles. The maximum Gasteiger partial charge on any atom is 0.306 e. The summed E-state index contributed by atoms with van der Waals surface area (Å²) in [5.74, 6) is 0.847. The predicted octanol–water partition coefficient (Wildman–Crippen LogP) is 15.8. The molecule has 0 aromatic rings. The molecule has 1 unspecified atom stereocenters. The number of esters is 3. The first-order valence-corrected chi connectivity index (χ1v) is 24.8. The number of hydrogen-bond acceptors (Lipinski definition) is 6. The smallest absolute Gasteiger partial charge is 0.306 e. The fraction of sp³-hybridized carbons (Fsp3) is 0.940. The van der Waals surface area contributed by atoms with Crippen molar-refractivity contribution >= 4 is 17.9 Å². The molecule has 0 rings (SSSR count). The van der Waals surface area contributed by atoms with Crippen LogP contribution in [0.4, 0.5) is 0 Å². The average molecular weight is 793 g/mol. The van der Waals surface area contributed by atoms with Gasteiger partial charge in [0.15, 0.2) is 6.10 Å². The van der Waals surface area contributed by atoms with Crippen molar-refractivity contribution < 1.29 is 28.6 Å². The van der Waals surface area contributed by atoms with Gasteiger partial charge < -0.3 is 14.2 Å². The van der Waals surface area contributed by atoms with Crippen LogP contribution in [0.3, 0.4) is 0 Å². The molecule has 0 aromatic carbocycles. The van der Waals surface area contributed by atoms with Crippen LogP contribution in [0.2, 0.25) is 0 Å². The molecule has 0 aromatic heterocycles. The van der Waals surface area contributed by atoms with Gasteiger partial charge in [-0.05, 0) is 31.1 Å². The molecule has 0 fully saturated rings. The number of carbonyl (C=O) groups is 3. The molecule has 2 atom stereocenters. The molecule has 0 N–H and O–H groups in total. The summed E-state index contributed by atoms with van der Waals surface area (Å²) >= 11 is 0. The van der Waals surface area contributed by atoms with Crippen LogP contribution < -0.4 is 0 Å². The third kappa shape index (κ3) is 42.0. The first-order chi connectivity index (χ1) is 27.3. The van der Waals surface area contributed by atoms with Gasteiger partial charge in [-0.2, -0.15) is 0 Å². The lowest BCUT2D eigenvalue weighted by Gasteiger charge is -2.18. The maximum atomic E-state index is 12.7. The Morgan fingerprint density at radius 2 is 0.679 bits per heavy atom. The molecule has 0 saturated heterocycles. The van der Waals surface area contributed by atoms with E-state index in [-0.39, 0.29) is 31.1 Å². The van der Waals surface area contributed by atoms with Crippen LogP contribution in [-0.4, -0.2) is 37.2 Å². The number of hydrogen-bond donors (Lipinski definition) is 0. The van der Waals surface area contributed by atoms with Crippen molar-refractivity contribution in [3.8, 4) is 0 Å². The predicted molar refractivity (Wildman–Crippen MR) is 238 cm³/mol. The molecule has 0 amide bonds. The summed E-state index contributed by atoms with van der Waals surface area (Å²) in [5, 5.41) is 0. The van der Waals surface area contributed by atoms with Crippen molar-refractivity contribution in [2.24, 2.45) is 11.8 Å². The Balaban J connectivity index is 4.30. The summed E-state index contributed by atoms with van der Waals surface area (Å²) in [7, 11) is 0. The second kappa shape index (κ2) is 43.0. The quantitative estimate of drug-likeness (QED) is 0.0347. The van der Waals surface area contributed by atoms with Gasteiger partial charge >= 0.3 is 17.9 Å². The Morgan fingerprint density at radius 3 is 1.02 bits per heavy atom. The van der Waals surface area contributed by atoms with Gasteiger partial charge in [-0.1, -0.05) is 234 Å². The monoisotopic (exact) mass is 793 g/mol. The van der Waals surface area contributed by atoms with Crippen LogP contribution in [0.5, 0.6) is 0 Å². The summed E-state index contributed by atoms with van der Waals surface area (Å²) < 4.78 is 16.8. The molecule has 6 heteroatoms. The molecule has 0 bridgehead atoms. The largest absolute Gasteiger partial charge is 0.462 e. The van der Waals surface area contributed by atoms with Crippen LogP contribution in [0, 0.1) is 11.8 Å². The van der Waals surface area contributed by atoms with Gasteiger partial charge in [-0.25, -0.2) is 0 Å². The first kappa shape index (κ1) is 54.4. The second-order valence-corrected chi connectivity index (χ2v) is 17.8. The summed E-state index contributed by atoms with van der Waals surface area (Å²) in [6.45, 7) is 11.4. The fourth-order valence-corrected chi connectivity index (χ4v) is 7.43. The van der Waals surface area contributed by atoms with Gasteiger partial charge in [0, 0.05) is 19.3 Å².